The Morgan fingerprint density at radius 2 is 2.09 bits per heavy atom. The molecule has 0 bridgehead atoms. The number of carbonyl (C=O) groups is 1. The van der Waals surface area contributed by atoms with Crippen molar-refractivity contribution in [2.75, 3.05) is 32.7 Å². The van der Waals surface area contributed by atoms with Gasteiger partial charge in [0.25, 0.3) is 0 Å². The Morgan fingerprint density at radius 1 is 1.22 bits per heavy atom. The maximum absolute atomic E-state index is 11.6. The zero-order valence-electron chi connectivity index (χ0n) is 13.9. The van der Waals surface area contributed by atoms with E-state index in [2.05, 4.69) is 42.2 Å². The summed E-state index contributed by atoms with van der Waals surface area (Å²) in [5, 5.41) is 10.2. The maximum Gasteiger partial charge on any atom is 0.222 e. The van der Waals surface area contributed by atoms with Crippen LogP contribution in [0.2, 0.25) is 0 Å². The molecule has 2 aliphatic rings. The third-order valence-corrected chi connectivity index (χ3v) is 4.75. The van der Waals surface area contributed by atoms with E-state index in [1.54, 1.807) is 4.90 Å². The molecule has 0 aromatic heterocycles. The summed E-state index contributed by atoms with van der Waals surface area (Å²) in [6.07, 6.45) is 4.40. The molecule has 23 heavy (non-hydrogen) atoms. The van der Waals surface area contributed by atoms with Crippen molar-refractivity contribution in [3.63, 3.8) is 0 Å². The molecule has 1 N–H and O–H groups in total. The van der Waals surface area contributed by atoms with Crippen LogP contribution in [0.5, 0.6) is 0 Å². The third kappa shape index (κ3) is 4.21. The first-order valence-corrected chi connectivity index (χ1v) is 8.56. The van der Waals surface area contributed by atoms with E-state index >= 15 is 0 Å². The van der Waals surface area contributed by atoms with Crippen LogP contribution >= 0.6 is 0 Å². The molecule has 0 radical (unpaired) electrons. The molecule has 0 saturated carbocycles. The minimum atomic E-state index is -0.453. The van der Waals surface area contributed by atoms with Crippen LogP contribution in [-0.2, 0) is 4.79 Å². The van der Waals surface area contributed by atoms with Crippen LogP contribution < -0.4 is 0 Å². The highest BCUT2D eigenvalue weighted by Gasteiger charge is 2.24. The van der Waals surface area contributed by atoms with Gasteiger partial charge in [-0.25, -0.2) is 0 Å². The van der Waals surface area contributed by atoms with Gasteiger partial charge in [0.2, 0.25) is 5.91 Å². The van der Waals surface area contributed by atoms with Gasteiger partial charge in [-0.05, 0) is 30.9 Å². The Kier molecular flexibility index (Phi) is 5.13. The second-order valence-electron chi connectivity index (χ2n) is 6.71. The Labute approximate surface area is 138 Å². The van der Waals surface area contributed by atoms with Gasteiger partial charge in [0.15, 0.2) is 0 Å². The van der Waals surface area contributed by atoms with Crippen molar-refractivity contribution in [3.8, 4) is 0 Å². The van der Waals surface area contributed by atoms with Crippen LogP contribution in [-0.4, -0.2) is 59.6 Å². The molecule has 4 nitrogen and oxygen atoms in total. The lowest BCUT2D eigenvalue weighted by molar-refractivity contribution is -0.129. The summed E-state index contributed by atoms with van der Waals surface area (Å²) in [7, 11) is 0. The lowest BCUT2D eigenvalue weighted by Gasteiger charge is -2.30. The second kappa shape index (κ2) is 7.28. The average Bonchev–Trinajstić information content (AvgIpc) is 2.93. The fourth-order valence-corrected chi connectivity index (χ4v) is 3.49. The minimum absolute atomic E-state index is 0.185. The normalized spacial score (nSPS) is 20.7. The Hall–Kier alpha value is -1.65. The van der Waals surface area contributed by atoms with Crippen molar-refractivity contribution in [3.05, 3.63) is 41.5 Å². The van der Waals surface area contributed by atoms with Crippen LogP contribution in [0.3, 0.4) is 0 Å². The molecule has 2 heterocycles. The van der Waals surface area contributed by atoms with E-state index in [-0.39, 0.29) is 5.91 Å². The van der Waals surface area contributed by atoms with Crippen molar-refractivity contribution in [1.29, 1.82) is 0 Å². The van der Waals surface area contributed by atoms with Gasteiger partial charge in [-0.1, -0.05) is 35.9 Å². The predicted molar refractivity (Wildman–Crippen MR) is 92.0 cm³/mol. The summed E-state index contributed by atoms with van der Waals surface area (Å²) in [6, 6.07) is 8.63. The van der Waals surface area contributed by atoms with E-state index < -0.39 is 6.10 Å². The molecular formula is C19H26N2O2. The number of hydrogen-bond donors (Lipinski definition) is 1. The van der Waals surface area contributed by atoms with Crippen molar-refractivity contribution < 1.29 is 9.90 Å². The standard InChI is InChI=1S/C19H26N2O2/c1-15-4-2-5-17(12-15)16-7-10-20(11-8-16)13-18(22)14-21-9-3-6-19(21)23/h2,4-5,7,12,18,22H,3,6,8-11,13-14H2,1H3. The van der Waals surface area contributed by atoms with Gasteiger partial charge < -0.3 is 10.0 Å². The van der Waals surface area contributed by atoms with Gasteiger partial charge in [-0.15, -0.1) is 0 Å². The Balaban J connectivity index is 1.51. The number of rotatable bonds is 5. The van der Waals surface area contributed by atoms with Gasteiger partial charge in [0.1, 0.15) is 0 Å². The molecule has 0 spiro atoms. The van der Waals surface area contributed by atoms with Crippen molar-refractivity contribution in [2.45, 2.75) is 32.3 Å². The van der Waals surface area contributed by atoms with E-state index in [9.17, 15) is 9.90 Å². The highest BCUT2D eigenvalue weighted by Crippen LogP contribution is 2.23. The number of carbonyl (C=O) groups excluding carboxylic acids is 1. The van der Waals surface area contributed by atoms with Gasteiger partial charge in [0.05, 0.1) is 6.10 Å². The van der Waals surface area contributed by atoms with Gasteiger partial charge in [0, 0.05) is 39.1 Å². The molecule has 1 fully saturated rings. The minimum Gasteiger partial charge on any atom is -0.390 e. The number of aliphatic hydroxyl groups is 1. The van der Waals surface area contributed by atoms with E-state index in [0.29, 0.717) is 19.5 Å². The lowest BCUT2D eigenvalue weighted by atomic mass is 9.98. The molecule has 1 aromatic rings. The molecule has 1 saturated heterocycles. The van der Waals surface area contributed by atoms with Crippen LogP contribution in [0, 0.1) is 6.92 Å². The summed E-state index contributed by atoms with van der Waals surface area (Å²) in [4.78, 5) is 15.7. The topological polar surface area (TPSA) is 43.8 Å². The Morgan fingerprint density at radius 3 is 2.74 bits per heavy atom. The quantitative estimate of drug-likeness (QED) is 0.905. The number of likely N-dealkylation sites (tertiary alicyclic amines) is 1. The maximum atomic E-state index is 11.6. The van der Waals surface area contributed by atoms with Gasteiger partial charge in [-0.2, -0.15) is 0 Å². The molecule has 4 heteroatoms. The molecule has 0 aliphatic carbocycles. The summed E-state index contributed by atoms with van der Waals surface area (Å²) in [5.74, 6) is 0.185. The predicted octanol–water partition coefficient (Wildman–Crippen LogP) is 2.07. The van der Waals surface area contributed by atoms with Crippen LogP contribution in [0.25, 0.3) is 5.57 Å². The first-order chi connectivity index (χ1) is 11.1. The fraction of sp³-hybridized carbons (Fsp3) is 0.526. The number of amides is 1. The first kappa shape index (κ1) is 16.2. The zero-order valence-corrected chi connectivity index (χ0v) is 13.9. The van der Waals surface area contributed by atoms with Crippen molar-refractivity contribution in [2.24, 2.45) is 0 Å². The molecule has 124 valence electrons. The van der Waals surface area contributed by atoms with E-state index in [1.165, 1.54) is 16.7 Å². The number of nitrogens with zero attached hydrogens (tertiary/aromatic N) is 2. The smallest absolute Gasteiger partial charge is 0.222 e. The molecule has 1 aromatic carbocycles. The van der Waals surface area contributed by atoms with Gasteiger partial charge >= 0.3 is 0 Å². The number of benzene rings is 1. The van der Waals surface area contributed by atoms with Crippen LogP contribution in [0.1, 0.15) is 30.4 Å². The second-order valence-corrected chi connectivity index (χ2v) is 6.71. The fourth-order valence-electron chi connectivity index (χ4n) is 3.49. The average molecular weight is 314 g/mol. The van der Waals surface area contributed by atoms with Crippen molar-refractivity contribution >= 4 is 11.5 Å². The lowest BCUT2D eigenvalue weighted by Crippen LogP contribution is -2.42. The first-order valence-electron chi connectivity index (χ1n) is 8.56. The largest absolute Gasteiger partial charge is 0.390 e. The van der Waals surface area contributed by atoms with E-state index in [1.807, 2.05) is 0 Å². The summed E-state index contributed by atoms with van der Waals surface area (Å²) < 4.78 is 0. The van der Waals surface area contributed by atoms with E-state index in [4.69, 9.17) is 0 Å². The van der Waals surface area contributed by atoms with Crippen LogP contribution in [0.4, 0.5) is 0 Å². The molecule has 1 unspecified atom stereocenters. The third-order valence-electron chi connectivity index (χ3n) is 4.75. The molecule has 1 atom stereocenters. The summed E-state index contributed by atoms with van der Waals surface area (Å²) in [5.41, 5.74) is 4.00. The molecule has 3 rings (SSSR count). The zero-order chi connectivity index (χ0) is 16.2. The summed E-state index contributed by atoms with van der Waals surface area (Å²) >= 11 is 0. The highest BCUT2D eigenvalue weighted by atomic mass is 16.3. The van der Waals surface area contributed by atoms with E-state index in [0.717, 1.165) is 32.5 Å². The number of β-amino-alcohol motifs (C(OH)–C–C–N with tert-alkyl or cyclic N) is 1. The molecular weight excluding hydrogens is 288 g/mol. The Bertz CT molecular complexity index is 597. The SMILES string of the molecule is Cc1cccc(C2=CCN(CC(O)CN3CCCC3=O)CC2)c1. The number of aryl methyl sites for hydroxylation is 1. The van der Waals surface area contributed by atoms with Gasteiger partial charge in [-0.3, -0.25) is 9.69 Å². The summed E-state index contributed by atoms with van der Waals surface area (Å²) in [6.45, 7) is 5.87. The number of hydrogen-bond acceptors (Lipinski definition) is 3. The molecule has 2 aliphatic heterocycles. The monoisotopic (exact) mass is 314 g/mol. The highest BCUT2D eigenvalue weighted by molar-refractivity contribution is 5.78. The van der Waals surface area contributed by atoms with Crippen LogP contribution in [0.15, 0.2) is 30.3 Å². The molecule has 1 amide bonds. The number of aliphatic hydroxyl groups excluding tert-OH is 1. The van der Waals surface area contributed by atoms with Crippen molar-refractivity contribution in [1.82, 2.24) is 9.80 Å².